The van der Waals surface area contributed by atoms with E-state index in [0.717, 1.165) is 16.9 Å². The first-order chi connectivity index (χ1) is 17.0. The molecule has 0 spiro atoms. The Bertz CT molecular complexity index is 1210. The molecule has 0 saturated heterocycles. The van der Waals surface area contributed by atoms with Gasteiger partial charge in [-0.1, -0.05) is 31.2 Å². The molecule has 1 aromatic heterocycles. The molecule has 3 N–H and O–H groups in total. The fourth-order valence-corrected chi connectivity index (χ4v) is 5.97. The number of nitrogens with two attached hydrogens (primary N) is 1. The number of carbonyl (C=O) groups excluding carboxylic acids is 2. The van der Waals surface area contributed by atoms with Crippen molar-refractivity contribution in [1.82, 2.24) is 15.2 Å². The zero-order valence-electron chi connectivity index (χ0n) is 21.6. The van der Waals surface area contributed by atoms with Gasteiger partial charge in [-0.3, -0.25) is 19.5 Å². The minimum Gasteiger partial charge on any atom is -0.487 e. The van der Waals surface area contributed by atoms with Crippen molar-refractivity contribution in [2.75, 3.05) is 0 Å². The minimum atomic E-state index is -0.549. The van der Waals surface area contributed by atoms with Gasteiger partial charge in [-0.15, -0.1) is 0 Å². The third-order valence-electron chi connectivity index (χ3n) is 7.63. The smallest absolute Gasteiger partial charge is 0.232 e. The summed E-state index contributed by atoms with van der Waals surface area (Å²) in [6.45, 7) is 9.93. The van der Waals surface area contributed by atoms with Crippen molar-refractivity contribution in [3.63, 3.8) is 0 Å². The number of benzene rings is 1. The molecule has 0 radical (unpaired) electrons. The Morgan fingerprint density at radius 2 is 1.94 bits per heavy atom. The van der Waals surface area contributed by atoms with Gasteiger partial charge in [0.2, 0.25) is 11.8 Å². The van der Waals surface area contributed by atoms with Gasteiger partial charge in [0.05, 0.1) is 24.0 Å². The molecule has 2 amide bonds. The lowest BCUT2D eigenvalue weighted by Gasteiger charge is -2.38. The maximum Gasteiger partial charge on any atom is 0.232 e. The molecule has 1 saturated carbocycles. The largest absolute Gasteiger partial charge is 0.487 e. The highest BCUT2D eigenvalue weighted by Crippen LogP contribution is 2.56. The molecule has 0 bridgehead atoms. The van der Waals surface area contributed by atoms with Crippen LogP contribution in [-0.2, 0) is 9.59 Å². The molecular formula is C28H35N5O3. The maximum atomic E-state index is 13.7. The van der Waals surface area contributed by atoms with Crippen LogP contribution in [0.3, 0.4) is 0 Å². The molecule has 5 atom stereocenters. The summed E-state index contributed by atoms with van der Waals surface area (Å²) in [6, 6.07) is 11.1. The van der Waals surface area contributed by atoms with Gasteiger partial charge in [0.25, 0.3) is 0 Å². The molecule has 8 heteroatoms. The van der Waals surface area contributed by atoms with Crippen LogP contribution in [0.4, 0.5) is 0 Å². The maximum absolute atomic E-state index is 13.7. The molecular weight excluding hydrogens is 454 g/mol. The predicted molar refractivity (Wildman–Crippen MR) is 137 cm³/mol. The van der Waals surface area contributed by atoms with Crippen molar-refractivity contribution in [2.45, 2.75) is 70.7 Å². The first kappa shape index (κ1) is 24.3. The number of guanidine groups is 1. The first-order valence-electron chi connectivity index (χ1n) is 12.6. The van der Waals surface area contributed by atoms with Gasteiger partial charge in [0.1, 0.15) is 11.4 Å². The van der Waals surface area contributed by atoms with Crippen molar-refractivity contribution in [3.8, 4) is 5.75 Å². The van der Waals surface area contributed by atoms with Gasteiger partial charge in [0.15, 0.2) is 5.96 Å². The summed E-state index contributed by atoms with van der Waals surface area (Å²) in [4.78, 5) is 37.4. The molecule has 8 nitrogen and oxygen atoms in total. The lowest BCUT2D eigenvalue weighted by atomic mass is 9.89. The fraction of sp³-hybridized carbons (Fsp3) is 0.500. The van der Waals surface area contributed by atoms with E-state index in [0.29, 0.717) is 6.42 Å². The number of rotatable bonds is 5. The molecule has 2 aromatic rings. The Morgan fingerprint density at radius 1 is 1.19 bits per heavy atom. The van der Waals surface area contributed by atoms with Crippen LogP contribution < -0.4 is 15.8 Å². The van der Waals surface area contributed by atoms with Crippen LogP contribution in [0.25, 0.3) is 0 Å². The number of pyridine rings is 1. The van der Waals surface area contributed by atoms with Gasteiger partial charge in [-0.25, -0.2) is 4.99 Å². The number of ether oxygens (including phenoxy) is 1. The van der Waals surface area contributed by atoms with E-state index in [4.69, 9.17) is 10.5 Å². The summed E-state index contributed by atoms with van der Waals surface area (Å²) in [7, 11) is 0. The second-order valence-electron chi connectivity index (χ2n) is 11.6. The molecule has 1 aliphatic carbocycles. The second-order valence-corrected chi connectivity index (χ2v) is 11.6. The van der Waals surface area contributed by atoms with E-state index in [2.05, 4.69) is 22.2 Å². The highest BCUT2D eigenvalue weighted by atomic mass is 16.5. The quantitative estimate of drug-likeness (QED) is 0.665. The van der Waals surface area contributed by atoms with E-state index in [-0.39, 0.29) is 48.0 Å². The first-order valence-corrected chi connectivity index (χ1v) is 12.6. The Labute approximate surface area is 212 Å². The Kier molecular flexibility index (Phi) is 5.80. The molecule has 3 aliphatic rings. The zero-order valence-corrected chi connectivity index (χ0v) is 21.6. The van der Waals surface area contributed by atoms with E-state index in [9.17, 15) is 9.59 Å². The molecule has 3 heterocycles. The van der Waals surface area contributed by atoms with E-state index in [1.165, 1.54) is 0 Å². The van der Waals surface area contributed by atoms with Gasteiger partial charge in [-0.05, 0) is 57.2 Å². The van der Waals surface area contributed by atoms with Crippen molar-refractivity contribution < 1.29 is 14.3 Å². The van der Waals surface area contributed by atoms with Gasteiger partial charge < -0.3 is 15.8 Å². The van der Waals surface area contributed by atoms with Crippen LogP contribution >= 0.6 is 0 Å². The van der Waals surface area contributed by atoms with E-state index >= 15 is 0 Å². The molecule has 36 heavy (non-hydrogen) atoms. The SMILES string of the molecule is CC1C(C(=O)N[C@H]2CC(C)(C)Oc3ccccc32)C1C(c1cccnc1)N1C(=O)CC(C)(C)N=C1N. The van der Waals surface area contributed by atoms with Crippen LogP contribution in [0.1, 0.15) is 70.7 Å². The molecule has 4 unspecified atom stereocenters. The minimum absolute atomic E-state index is 0.0146. The fourth-order valence-electron chi connectivity index (χ4n) is 5.97. The average molecular weight is 490 g/mol. The number of amides is 2. The number of aliphatic imine (C=N–C) groups is 1. The number of hydrogen-bond donors (Lipinski definition) is 2. The number of fused-ring (bicyclic) bond motifs is 1. The van der Waals surface area contributed by atoms with Crippen LogP contribution in [0, 0.1) is 17.8 Å². The highest BCUT2D eigenvalue weighted by Gasteiger charge is 2.59. The third-order valence-corrected chi connectivity index (χ3v) is 7.63. The number of nitrogens with one attached hydrogen (secondary N) is 1. The summed E-state index contributed by atoms with van der Waals surface area (Å²) in [5.41, 5.74) is 7.27. The number of para-hydroxylation sites is 1. The van der Waals surface area contributed by atoms with Crippen LogP contribution in [-0.4, -0.2) is 38.8 Å². The van der Waals surface area contributed by atoms with Gasteiger partial charge >= 0.3 is 0 Å². The van der Waals surface area contributed by atoms with Crippen molar-refractivity contribution in [3.05, 3.63) is 59.9 Å². The molecule has 2 aliphatic heterocycles. The topological polar surface area (TPSA) is 110 Å². The van der Waals surface area contributed by atoms with Crippen molar-refractivity contribution in [2.24, 2.45) is 28.5 Å². The molecule has 1 aromatic carbocycles. The second kappa shape index (κ2) is 8.61. The van der Waals surface area contributed by atoms with Crippen molar-refractivity contribution in [1.29, 1.82) is 0 Å². The molecule has 1 fully saturated rings. The summed E-state index contributed by atoms with van der Waals surface area (Å²) in [5.74, 6) is 0.606. The van der Waals surface area contributed by atoms with E-state index in [1.54, 1.807) is 17.3 Å². The standard InChI is InChI=1S/C28H35N5O3/c1-16-22(23(16)25(35)31-19-13-28(4,5)36-20-11-7-6-10-18(19)20)24(17-9-8-12-30-15-17)33-21(34)14-27(2,3)32-26(33)29/h6-12,15-16,19,22-24H,13-14H2,1-5H3,(H2,29,32)(H,31,35)/t16?,19-,22?,23?,24?/m0/s1. The Hall–Kier alpha value is -3.42. The number of nitrogens with zero attached hydrogens (tertiary/aromatic N) is 3. The van der Waals surface area contributed by atoms with Gasteiger partial charge in [0, 0.05) is 30.3 Å². The third kappa shape index (κ3) is 4.45. The zero-order chi connectivity index (χ0) is 25.8. The lowest BCUT2D eigenvalue weighted by molar-refractivity contribution is -0.132. The Morgan fingerprint density at radius 3 is 2.64 bits per heavy atom. The number of aromatic nitrogens is 1. The highest BCUT2D eigenvalue weighted by molar-refractivity contribution is 5.99. The van der Waals surface area contributed by atoms with Crippen LogP contribution in [0.15, 0.2) is 53.8 Å². The van der Waals surface area contributed by atoms with Crippen LogP contribution in [0.5, 0.6) is 5.75 Å². The summed E-state index contributed by atoms with van der Waals surface area (Å²) in [6.07, 6.45) is 4.38. The van der Waals surface area contributed by atoms with E-state index < -0.39 is 17.2 Å². The van der Waals surface area contributed by atoms with E-state index in [1.807, 2.05) is 64.1 Å². The van der Waals surface area contributed by atoms with Gasteiger partial charge in [-0.2, -0.15) is 0 Å². The normalized spacial score (nSPS) is 28.9. The summed E-state index contributed by atoms with van der Waals surface area (Å²) in [5, 5.41) is 3.30. The van der Waals surface area contributed by atoms with Crippen LogP contribution in [0.2, 0.25) is 0 Å². The number of carbonyl (C=O) groups is 2. The summed E-state index contributed by atoms with van der Waals surface area (Å²) >= 11 is 0. The average Bonchev–Trinajstić information content (AvgIpc) is 3.45. The lowest BCUT2D eigenvalue weighted by Crippen LogP contribution is -2.52. The van der Waals surface area contributed by atoms with Crippen molar-refractivity contribution >= 4 is 17.8 Å². The summed E-state index contributed by atoms with van der Waals surface area (Å²) < 4.78 is 6.14. The number of hydrogen-bond acceptors (Lipinski definition) is 6. The molecule has 5 rings (SSSR count). The Balaban J connectivity index is 1.43. The molecule has 190 valence electrons. The monoisotopic (exact) mass is 489 g/mol. The predicted octanol–water partition coefficient (Wildman–Crippen LogP) is 3.75.